The molecule has 0 spiro atoms. The molecule has 0 amide bonds. The van der Waals surface area contributed by atoms with Gasteiger partial charge in [-0.2, -0.15) is 0 Å². The Kier molecular flexibility index (Phi) is 7.90. The summed E-state index contributed by atoms with van der Waals surface area (Å²) in [7, 11) is 0. The van der Waals surface area contributed by atoms with E-state index in [2.05, 4.69) is 22.9 Å². The molecule has 0 radical (unpaired) electrons. The molecule has 2 N–H and O–H groups in total. The molecule has 2 nitrogen and oxygen atoms in total. The number of ether oxygens (including phenoxy) is 1. The maximum atomic E-state index is 5.79. The van der Waals surface area contributed by atoms with Gasteiger partial charge in [0.05, 0.1) is 11.1 Å². The molecule has 0 bridgehead atoms. The Labute approximate surface area is 119 Å². The fourth-order valence-corrected chi connectivity index (χ4v) is 2.26. The molecule has 0 aliphatic heterocycles. The average Bonchev–Trinajstić information content (AvgIpc) is 2.37. The van der Waals surface area contributed by atoms with Crippen molar-refractivity contribution in [2.24, 2.45) is 0 Å². The molecule has 1 aromatic carbocycles. The van der Waals surface area contributed by atoms with Crippen molar-refractivity contribution in [1.29, 1.82) is 0 Å². The molecule has 0 unspecified atom stereocenters. The SMILES string of the molecule is CCCCCCCCCOc1cccc(N)c1Br. The van der Waals surface area contributed by atoms with E-state index in [-0.39, 0.29) is 0 Å². The van der Waals surface area contributed by atoms with Gasteiger partial charge in [0.25, 0.3) is 0 Å². The van der Waals surface area contributed by atoms with Gasteiger partial charge < -0.3 is 10.5 Å². The van der Waals surface area contributed by atoms with Crippen LogP contribution in [0.15, 0.2) is 22.7 Å². The smallest absolute Gasteiger partial charge is 0.135 e. The zero-order valence-electron chi connectivity index (χ0n) is 11.3. The molecule has 0 aliphatic rings. The highest BCUT2D eigenvalue weighted by atomic mass is 79.9. The Balaban J connectivity index is 2.09. The number of nitrogens with two attached hydrogens (primary N) is 1. The van der Waals surface area contributed by atoms with Crippen molar-refractivity contribution in [3.05, 3.63) is 22.7 Å². The number of unbranched alkanes of at least 4 members (excludes halogenated alkanes) is 6. The second-order valence-electron chi connectivity index (χ2n) is 4.63. The Morgan fingerprint density at radius 2 is 1.72 bits per heavy atom. The summed E-state index contributed by atoms with van der Waals surface area (Å²) in [6, 6.07) is 5.73. The lowest BCUT2D eigenvalue weighted by molar-refractivity contribution is 0.302. The zero-order valence-corrected chi connectivity index (χ0v) is 12.8. The molecule has 0 fully saturated rings. The molecule has 102 valence electrons. The Hall–Kier alpha value is -0.700. The molecule has 3 heteroatoms. The zero-order chi connectivity index (χ0) is 13.2. The largest absolute Gasteiger partial charge is 0.492 e. The lowest BCUT2D eigenvalue weighted by Gasteiger charge is -2.09. The maximum absolute atomic E-state index is 5.79. The minimum absolute atomic E-state index is 0.729. The lowest BCUT2D eigenvalue weighted by Crippen LogP contribution is -1.99. The van der Waals surface area contributed by atoms with Gasteiger partial charge in [0, 0.05) is 5.69 Å². The van der Waals surface area contributed by atoms with E-state index < -0.39 is 0 Å². The van der Waals surface area contributed by atoms with Crippen LogP contribution in [-0.2, 0) is 0 Å². The van der Waals surface area contributed by atoms with Crippen molar-refractivity contribution in [3.63, 3.8) is 0 Å². The van der Waals surface area contributed by atoms with E-state index in [1.807, 2.05) is 18.2 Å². The van der Waals surface area contributed by atoms with Crippen molar-refractivity contribution in [3.8, 4) is 5.75 Å². The number of rotatable bonds is 9. The predicted octanol–water partition coefficient (Wildman–Crippen LogP) is 5.16. The van der Waals surface area contributed by atoms with Gasteiger partial charge in [0.1, 0.15) is 5.75 Å². The molecular weight excluding hydrogens is 290 g/mol. The highest BCUT2D eigenvalue weighted by Crippen LogP contribution is 2.30. The first-order chi connectivity index (χ1) is 8.75. The average molecular weight is 314 g/mol. The summed E-state index contributed by atoms with van der Waals surface area (Å²) in [6.45, 7) is 3.02. The maximum Gasteiger partial charge on any atom is 0.135 e. The van der Waals surface area contributed by atoms with Gasteiger partial charge in [-0.25, -0.2) is 0 Å². The third kappa shape index (κ3) is 5.76. The summed E-state index contributed by atoms with van der Waals surface area (Å²) >= 11 is 3.44. The second-order valence-corrected chi connectivity index (χ2v) is 5.42. The number of halogens is 1. The van der Waals surface area contributed by atoms with Crippen LogP contribution in [0.3, 0.4) is 0 Å². The first-order valence-electron chi connectivity index (χ1n) is 6.92. The van der Waals surface area contributed by atoms with E-state index in [1.54, 1.807) is 0 Å². The van der Waals surface area contributed by atoms with Crippen molar-refractivity contribution >= 4 is 21.6 Å². The summed E-state index contributed by atoms with van der Waals surface area (Å²) in [5.41, 5.74) is 6.52. The minimum Gasteiger partial charge on any atom is -0.492 e. The third-order valence-electron chi connectivity index (χ3n) is 3.00. The van der Waals surface area contributed by atoms with Crippen LogP contribution in [0.1, 0.15) is 51.9 Å². The fraction of sp³-hybridized carbons (Fsp3) is 0.600. The third-order valence-corrected chi connectivity index (χ3v) is 3.85. The van der Waals surface area contributed by atoms with Crippen LogP contribution < -0.4 is 10.5 Å². The fourth-order valence-electron chi connectivity index (χ4n) is 1.88. The highest BCUT2D eigenvalue weighted by molar-refractivity contribution is 9.10. The monoisotopic (exact) mass is 313 g/mol. The number of benzene rings is 1. The molecule has 0 saturated heterocycles. The molecule has 0 atom stereocenters. The first-order valence-corrected chi connectivity index (χ1v) is 7.71. The van der Waals surface area contributed by atoms with E-state index in [0.717, 1.165) is 28.9 Å². The van der Waals surface area contributed by atoms with E-state index >= 15 is 0 Å². The number of hydrogen-bond acceptors (Lipinski definition) is 2. The van der Waals surface area contributed by atoms with E-state index in [1.165, 1.54) is 38.5 Å². The van der Waals surface area contributed by atoms with Gasteiger partial charge >= 0.3 is 0 Å². The van der Waals surface area contributed by atoms with Crippen molar-refractivity contribution in [2.75, 3.05) is 12.3 Å². The van der Waals surface area contributed by atoms with Gasteiger partial charge in [0.15, 0.2) is 0 Å². The van der Waals surface area contributed by atoms with E-state index in [9.17, 15) is 0 Å². The van der Waals surface area contributed by atoms with Gasteiger partial charge in [0.2, 0.25) is 0 Å². The summed E-state index contributed by atoms with van der Waals surface area (Å²) < 4.78 is 6.59. The molecule has 1 aromatic rings. The number of hydrogen-bond donors (Lipinski definition) is 1. The summed E-state index contributed by atoms with van der Waals surface area (Å²) in [6.07, 6.45) is 9.10. The lowest BCUT2D eigenvalue weighted by atomic mass is 10.1. The Morgan fingerprint density at radius 3 is 2.44 bits per heavy atom. The van der Waals surface area contributed by atoms with Gasteiger partial charge in [-0.1, -0.05) is 51.5 Å². The highest BCUT2D eigenvalue weighted by Gasteiger charge is 2.03. The van der Waals surface area contributed by atoms with Crippen LogP contribution in [0.4, 0.5) is 5.69 Å². The van der Waals surface area contributed by atoms with Crippen LogP contribution in [0.25, 0.3) is 0 Å². The molecule has 18 heavy (non-hydrogen) atoms. The van der Waals surface area contributed by atoms with Crippen molar-refractivity contribution in [1.82, 2.24) is 0 Å². The van der Waals surface area contributed by atoms with E-state index in [4.69, 9.17) is 10.5 Å². The molecule has 0 aromatic heterocycles. The van der Waals surface area contributed by atoms with Crippen molar-refractivity contribution in [2.45, 2.75) is 51.9 Å². The Morgan fingerprint density at radius 1 is 1.06 bits per heavy atom. The van der Waals surface area contributed by atoms with Gasteiger partial charge in [-0.05, 0) is 34.5 Å². The summed E-state index contributed by atoms with van der Waals surface area (Å²) in [4.78, 5) is 0. The summed E-state index contributed by atoms with van der Waals surface area (Å²) in [5.74, 6) is 0.848. The molecule has 1 rings (SSSR count). The molecule has 0 saturated carbocycles. The van der Waals surface area contributed by atoms with Crippen LogP contribution in [0.5, 0.6) is 5.75 Å². The van der Waals surface area contributed by atoms with Crippen molar-refractivity contribution < 1.29 is 4.74 Å². The molecule has 0 aliphatic carbocycles. The van der Waals surface area contributed by atoms with Gasteiger partial charge in [-0.3, -0.25) is 0 Å². The topological polar surface area (TPSA) is 35.2 Å². The second kappa shape index (κ2) is 9.26. The van der Waals surface area contributed by atoms with Crippen LogP contribution in [-0.4, -0.2) is 6.61 Å². The summed E-state index contributed by atoms with van der Waals surface area (Å²) in [5, 5.41) is 0. The Bertz CT molecular complexity index is 341. The van der Waals surface area contributed by atoms with Crippen LogP contribution in [0, 0.1) is 0 Å². The normalized spacial score (nSPS) is 10.6. The number of nitrogen functional groups attached to an aromatic ring is 1. The molecular formula is C15H24BrNO. The minimum atomic E-state index is 0.729. The van der Waals surface area contributed by atoms with Gasteiger partial charge in [-0.15, -0.1) is 0 Å². The quantitative estimate of drug-likeness (QED) is 0.504. The van der Waals surface area contributed by atoms with Crippen LogP contribution in [0.2, 0.25) is 0 Å². The molecule has 0 heterocycles. The predicted molar refractivity (Wildman–Crippen MR) is 82.0 cm³/mol. The van der Waals surface area contributed by atoms with Crippen LogP contribution >= 0.6 is 15.9 Å². The van der Waals surface area contributed by atoms with E-state index in [0.29, 0.717) is 0 Å². The standard InChI is InChI=1S/C15H24BrNO/c1-2-3-4-5-6-7-8-12-18-14-11-9-10-13(17)15(14)16/h9-11H,2-8,12,17H2,1H3. The first kappa shape index (κ1) is 15.4. The number of anilines is 1.